The molecule has 0 saturated carbocycles. The summed E-state index contributed by atoms with van der Waals surface area (Å²) in [5.41, 5.74) is 3.85. The molecule has 0 aliphatic heterocycles. The van der Waals surface area contributed by atoms with Gasteiger partial charge in [-0.2, -0.15) is 0 Å². The maximum atomic E-state index is 13.1. The van der Waals surface area contributed by atoms with Crippen LogP contribution in [0.4, 0.5) is 5.69 Å². The Balaban J connectivity index is 1.36. The number of carbonyl (C=O) groups is 2. The highest BCUT2D eigenvalue weighted by molar-refractivity contribution is 8.00. The smallest absolute Gasteiger partial charge is 0.242 e. The number of thioether (sulfide) groups is 1. The van der Waals surface area contributed by atoms with E-state index in [1.165, 1.54) is 38.0 Å². The number of nitrogens with one attached hydrogen (secondary N) is 1. The Bertz CT molecular complexity index is 1590. The third kappa shape index (κ3) is 4.14. The standard InChI is InChI=1S/C27H22N2O4S2/c1-29(2)35(32,33)18-12-10-17(11-13-18)28-25(30)16-34-24-15-14-20-19-6-3-4-7-21(19)27(31)23-9-5-8-22(24)26(20)23/h3-15H,16H2,1-2H3,(H,28,30). The van der Waals surface area contributed by atoms with E-state index in [9.17, 15) is 18.0 Å². The lowest BCUT2D eigenvalue weighted by Crippen LogP contribution is -2.22. The monoisotopic (exact) mass is 502 g/mol. The summed E-state index contributed by atoms with van der Waals surface area (Å²) in [6, 6.07) is 23.4. The van der Waals surface area contributed by atoms with Crippen LogP contribution in [0.25, 0.3) is 21.9 Å². The van der Waals surface area contributed by atoms with E-state index < -0.39 is 10.0 Å². The third-order valence-corrected chi connectivity index (χ3v) is 8.89. The Morgan fingerprint density at radius 2 is 1.51 bits per heavy atom. The molecule has 4 aromatic rings. The number of fused-ring (bicyclic) bond motifs is 2. The zero-order valence-corrected chi connectivity index (χ0v) is 20.7. The number of amides is 1. The van der Waals surface area contributed by atoms with Crippen LogP contribution >= 0.6 is 11.8 Å². The first kappa shape index (κ1) is 23.3. The molecule has 1 amide bonds. The summed E-state index contributed by atoms with van der Waals surface area (Å²) in [5.74, 6) is -0.0283. The summed E-state index contributed by atoms with van der Waals surface area (Å²) in [4.78, 5) is 26.8. The number of carbonyl (C=O) groups excluding carboxylic acids is 2. The quantitative estimate of drug-likeness (QED) is 0.329. The molecule has 0 unspecified atom stereocenters. The second-order valence-corrected chi connectivity index (χ2v) is 11.5. The summed E-state index contributed by atoms with van der Waals surface area (Å²) in [6.45, 7) is 0. The Labute approximate surface area is 208 Å². The van der Waals surface area contributed by atoms with Crippen LogP contribution in [0.1, 0.15) is 15.9 Å². The first-order valence-electron chi connectivity index (χ1n) is 10.9. The van der Waals surface area contributed by atoms with Gasteiger partial charge in [0.25, 0.3) is 0 Å². The van der Waals surface area contributed by atoms with Crippen LogP contribution in [0.2, 0.25) is 0 Å². The van der Waals surface area contributed by atoms with Crippen molar-refractivity contribution in [3.8, 4) is 11.1 Å². The summed E-state index contributed by atoms with van der Waals surface area (Å²) >= 11 is 1.40. The molecule has 6 nitrogen and oxygen atoms in total. The molecule has 0 fully saturated rings. The minimum absolute atomic E-state index is 0.0123. The number of rotatable bonds is 6. The summed E-state index contributed by atoms with van der Waals surface area (Å²) in [6.07, 6.45) is 0. The van der Waals surface area contributed by atoms with E-state index in [4.69, 9.17) is 0 Å². The second kappa shape index (κ2) is 8.96. The largest absolute Gasteiger partial charge is 0.325 e. The van der Waals surface area contributed by atoms with E-state index in [2.05, 4.69) is 5.32 Å². The Morgan fingerprint density at radius 1 is 0.829 bits per heavy atom. The van der Waals surface area contributed by atoms with Crippen LogP contribution < -0.4 is 5.32 Å². The number of anilines is 1. The second-order valence-electron chi connectivity index (χ2n) is 8.36. The summed E-state index contributed by atoms with van der Waals surface area (Å²) < 4.78 is 25.6. The Kier molecular flexibility index (Phi) is 5.96. The lowest BCUT2D eigenvalue weighted by atomic mass is 9.83. The van der Waals surface area contributed by atoms with Crippen molar-refractivity contribution in [3.05, 3.63) is 90.0 Å². The van der Waals surface area contributed by atoms with Crippen molar-refractivity contribution in [1.82, 2.24) is 4.31 Å². The van der Waals surface area contributed by atoms with Gasteiger partial charge in [-0.25, -0.2) is 12.7 Å². The highest BCUT2D eigenvalue weighted by Crippen LogP contribution is 2.42. The van der Waals surface area contributed by atoms with Gasteiger partial charge in [0.05, 0.1) is 10.6 Å². The van der Waals surface area contributed by atoms with Crippen molar-refractivity contribution < 1.29 is 18.0 Å². The Morgan fingerprint density at radius 3 is 2.23 bits per heavy atom. The molecule has 35 heavy (non-hydrogen) atoms. The first-order valence-corrected chi connectivity index (χ1v) is 13.3. The normalized spacial score (nSPS) is 12.6. The predicted octanol–water partition coefficient (Wildman–Crippen LogP) is 5.03. The van der Waals surface area contributed by atoms with Gasteiger partial charge in [-0.15, -0.1) is 11.8 Å². The van der Waals surface area contributed by atoms with Crippen LogP contribution in [-0.2, 0) is 14.8 Å². The average molecular weight is 503 g/mol. The molecule has 176 valence electrons. The van der Waals surface area contributed by atoms with Crippen molar-refractivity contribution >= 4 is 49.9 Å². The fourth-order valence-electron chi connectivity index (χ4n) is 4.24. The number of hydrogen-bond acceptors (Lipinski definition) is 5. The number of ketones is 1. The van der Waals surface area contributed by atoms with E-state index in [0.717, 1.165) is 31.1 Å². The van der Waals surface area contributed by atoms with Crippen molar-refractivity contribution in [2.45, 2.75) is 9.79 Å². The molecule has 5 rings (SSSR count). The number of benzene rings is 4. The number of sulfonamides is 1. The summed E-state index contributed by atoms with van der Waals surface area (Å²) in [5, 5.41) is 4.67. The van der Waals surface area contributed by atoms with Crippen molar-refractivity contribution in [2.75, 3.05) is 25.2 Å². The maximum absolute atomic E-state index is 13.1. The first-order chi connectivity index (χ1) is 16.8. The van der Waals surface area contributed by atoms with Gasteiger partial charge in [-0.3, -0.25) is 9.59 Å². The van der Waals surface area contributed by atoms with E-state index >= 15 is 0 Å². The Hall–Kier alpha value is -3.46. The van der Waals surface area contributed by atoms with E-state index in [1.54, 1.807) is 12.1 Å². The SMILES string of the molecule is CN(C)S(=O)(=O)c1ccc(NC(=O)CSc2ccc3c4c(cccc24)C(=O)c2ccccc2-3)cc1. The van der Waals surface area contributed by atoms with Crippen molar-refractivity contribution in [1.29, 1.82) is 0 Å². The molecule has 4 aromatic carbocycles. The lowest BCUT2D eigenvalue weighted by Gasteiger charge is -2.21. The van der Waals surface area contributed by atoms with Crippen molar-refractivity contribution in [3.63, 3.8) is 0 Å². The van der Waals surface area contributed by atoms with Gasteiger partial charge in [0.1, 0.15) is 0 Å². The van der Waals surface area contributed by atoms with E-state index in [0.29, 0.717) is 16.8 Å². The van der Waals surface area contributed by atoms with Crippen LogP contribution in [0, 0.1) is 0 Å². The molecule has 0 aromatic heterocycles. The minimum Gasteiger partial charge on any atom is -0.325 e. The summed E-state index contributed by atoms with van der Waals surface area (Å²) in [7, 11) is -0.582. The highest BCUT2D eigenvalue weighted by Gasteiger charge is 2.25. The minimum atomic E-state index is -3.52. The molecule has 0 radical (unpaired) electrons. The highest BCUT2D eigenvalue weighted by atomic mass is 32.2. The van der Waals surface area contributed by atoms with Gasteiger partial charge < -0.3 is 5.32 Å². The van der Waals surface area contributed by atoms with Gasteiger partial charge >= 0.3 is 0 Å². The average Bonchev–Trinajstić information content (AvgIpc) is 2.86. The van der Waals surface area contributed by atoms with E-state index in [1.807, 2.05) is 54.6 Å². The lowest BCUT2D eigenvalue weighted by molar-refractivity contribution is -0.113. The molecule has 1 aliphatic carbocycles. The van der Waals surface area contributed by atoms with Crippen LogP contribution in [-0.4, -0.2) is 44.3 Å². The molecule has 0 bridgehead atoms. The molecular weight excluding hydrogens is 480 g/mol. The van der Waals surface area contributed by atoms with Gasteiger partial charge in [0.2, 0.25) is 15.9 Å². The predicted molar refractivity (Wildman–Crippen MR) is 139 cm³/mol. The number of nitrogens with zero attached hydrogens (tertiary/aromatic N) is 1. The topological polar surface area (TPSA) is 83.6 Å². The van der Waals surface area contributed by atoms with Crippen molar-refractivity contribution in [2.24, 2.45) is 0 Å². The molecule has 0 spiro atoms. The van der Waals surface area contributed by atoms with Gasteiger partial charge in [-0.1, -0.05) is 48.5 Å². The molecule has 0 atom stereocenters. The number of hydrogen-bond donors (Lipinski definition) is 1. The fraction of sp³-hybridized carbons (Fsp3) is 0.111. The molecule has 1 aliphatic rings. The van der Waals surface area contributed by atoms with E-state index in [-0.39, 0.29) is 22.3 Å². The zero-order chi connectivity index (χ0) is 24.7. The van der Waals surface area contributed by atoms with Crippen LogP contribution in [0.5, 0.6) is 0 Å². The van der Waals surface area contributed by atoms with Crippen LogP contribution in [0.15, 0.2) is 88.7 Å². The van der Waals surface area contributed by atoms with Crippen LogP contribution in [0.3, 0.4) is 0 Å². The fourth-order valence-corrected chi connectivity index (χ4v) is 5.99. The molecular formula is C27H22N2O4S2. The van der Waals surface area contributed by atoms with Gasteiger partial charge in [-0.05, 0) is 46.8 Å². The molecule has 0 saturated heterocycles. The maximum Gasteiger partial charge on any atom is 0.242 e. The van der Waals surface area contributed by atoms with Gasteiger partial charge in [0, 0.05) is 41.2 Å². The third-order valence-electron chi connectivity index (χ3n) is 5.98. The molecule has 0 heterocycles. The van der Waals surface area contributed by atoms with Gasteiger partial charge in [0.15, 0.2) is 5.78 Å². The molecule has 1 N–H and O–H groups in total. The molecule has 8 heteroatoms. The zero-order valence-electron chi connectivity index (χ0n) is 19.1.